The number of carbonyl (C=O) groups is 1. The summed E-state index contributed by atoms with van der Waals surface area (Å²) in [6.45, 7) is 3.83. The highest BCUT2D eigenvalue weighted by Crippen LogP contribution is 2.18. The number of rotatable bonds is 14. The summed E-state index contributed by atoms with van der Waals surface area (Å²) in [7, 11) is 1.57. The first-order valence-electron chi connectivity index (χ1n) is 9.83. The summed E-state index contributed by atoms with van der Waals surface area (Å²) in [5.74, 6) is 1.75. The lowest BCUT2D eigenvalue weighted by molar-refractivity contribution is -0.156. The Morgan fingerprint density at radius 3 is 2.33 bits per heavy atom. The number of aliphatic hydroxyl groups excluding tert-OH is 1. The van der Waals surface area contributed by atoms with Gasteiger partial charge in [0.25, 0.3) is 5.91 Å². The molecule has 1 atom stereocenters. The zero-order valence-corrected chi connectivity index (χ0v) is 17.5. The monoisotopic (exact) mass is 418 g/mol. The van der Waals surface area contributed by atoms with E-state index in [9.17, 15) is 9.90 Å². The van der Waals surface area contributed by atoms with Crippen LogP contribution >= 0.6 is 0 Å². The van der Waals surface area contributed by atoms with E-state index in [1.54, 1.807) is 31.4 Å². The predicted molar refractivity (Wildman–Crippen MR) is 113 cm³/mol. The summed E-state index contributed by atoms with van der Waals surface area (Å²) in [6.07, 6.45) is -0.607. The number of carbonyl (C=O) groups excluding carboxylic acids is 1. The van der Waals surface area contributed by atoms with Gasteiger partial charge in [0.1, 0.15) is 30.8 Å². The summed E-state index contributed by atoms with van der Waals surface area (Å²) >= 11 is 0. The van der Waals surface area contributed by atoms with Gasteiger partial charge in [-0.15, -0.1) is 0 Å². The maximum atomic E-state index is 11.6. The van der Waals surface area contributed by atoms with Gasteiger partial charge in [-0.3, -0.25) is 4.79 Å². The molecule has 0 aromatic heterocycles. The van der Waals surface area contributed by atoms with Gasteiger partial charge in [0.15, 0.2) is 5.75 Å². The molecule has 8 heteroatoms. The van der Waals surface area contributed by atoms with Crippen LogP contribution in [0.1, 0.15) is 6.92 Å². The van der Waals surface area contributed by atoms with Gasteiger partial charge in [-0.2, -0.15) is 5.06 Å². The molecule has 0 spiro atoms. The standard InChI is InChI=1S/C22H30N2O6/c1-18(25)24(13-15-27-2)30-22-10-8-21(9-11-22)28-14-12-23-16-19(26)17-29-20-6-4-3-5-7-20/h3-11,19,23,26H,12-17H2,1-2H3/t19-/m0/s1. The van der Waals surface area contributed by atoms with Crippen molar-refractivity contribution in [2.45, 2.75) is 13.0 Å². The number of ether oxygens (including phenoxy) is 3. The van der Waals surface area contributed by atoms with Crippen molar-refractivity contribution >= 4 is 5.91 Å². The van der Waals surface area contributed by atoms with Crippen molar-refractivity contribution in [3.63, 3.8) is 0 Å². The van der Waals surface area contributed by atoms with Gasteiger partial charge < -0.3 is 29.5 Å². The van der Waals surface area contributed by atoms with Crippen LogP contribution in [0, 0.1) is 0 Å². The van der Waals surface area contributed by atoms with E-state index in [0.29, 0.717) is 44.3 Å². The molecular weight excluding hydrogens is 388 g/mol. The lowest BCUT2D eigenvalue weighted by Gasteiger charge is -2.20. The lowest BCUT2D eigenvalue weighted by atomic mass is 10.3. The van der Waals surface area contributed by atoms with Crippen molar-refractivity contribution in [2.75, 3.05) is 46.6 Å². The predicted octanol–water partition coefficient (Wildman–Crippen LogP) is 1.88. The second-order valence-electron chi connectivity index (χ2n) is 6.51. The molecule has 0 fully saturated rings. The Bertz CT molecular complexity index is 726. The summed E-state index contributed by atoms with van der Waals surface area (Å²) in [5, 5.41) is 14.3. The Balaban J connectivity index is 1.61. The smallest absolute Gasteiger partial charge is 0.252 e. The molecule has 0 bridgehead atoms. The second-order valence-corrected chi connectivity index (χ2v) is 6.51. The van der Waals surface area contributed by atoms with Gasteiger partial charge in [-0.1, -0.05) is 18.2 Å². The van der Waals surface area contributed by atoms with Crippen LogP contribution in [0.3, 0.4) is 0 Å². The van der Waals surface area contributed by atoms with Crippen molar-refractivity contribution in [1.82, 2.24) is 10.4 Å². The topological polar surface area (TPSA) is 89.5 Å². The van der Waals surface area contributed by atoms with Gasteiger partial charge in [-0.05, 0) is 36.4 Å². The van der Waals surface area contributed by atoms with E-state index >= 15 is 0 Å². The first-order chi connectivity index (χ1) is 14.6. The highest BCUT2D eigenvalue weighted by molar-refractivity contribution is 5.72. The van der Waals surface area contributed by atoms with Crippen LogP contribution in [-0.2, 0) is 9.53 Å². The minimum Gasteiger partial charge on any atom is -0.492 e. The van der Waals surface area contributed by atoms with Crippen molar-refractivity contribution in [1.29, 1.82) is 0 Å². The molecule has 0 heterocycles. The van der Waals surface area contributed by atoms with Gasteiger partial charge in [0.2, 0.25) is 0 Å². The molecule has 30 heavy (non-hydrogen) atoms. The normalized spacial score (nSPS) is 11.6. The fraction of sp³-hybridized carbons (Fsp3) is 0.409. The van der Waals surface area contributed by atoms with E-state index in [2.05, 4.69) is 5.32 Å². The number of hydrogen-bond donors (Lipinski definition) is 2. The molecule has 0 saturated heterocycles. The maximum Gasteiger partial charge on any atom is 0.252 e. The fourth-order valence-corrected chi connectivity index (χ4v) is 2.44. The third-order valence-electron chi connectivity index (χ3n) is 4.00. The number of methoxy groups -OCH3 is 1. The summed E-state index contributed by atoms with van der Waals surface area (Å²) in [6, 6.07) is 16.4. The molecule has 2 rings (SSSR count). The maximum absolute atomic E-state index is 11.6. The molecule has 0 aliphatic carbocycles. The van der Waals surface area contributed by atoms with Gasteiger partial charge in [0, 0.05) is 27.1 Å². The average molecular weight is 418 g/mol. The zero-order chi connectivity index (χ0) is 21.6. The Kier molecular flexibility index (Phi) is 10.5. The largest absolute Gasteiger partial charge is 0.492 e. The van der Waals surface area contributed by atoms with Crippen LogP contribution in [-0.4, -0.2) is 68.7 Å². The van der Waals surface area contributed by atoms with Gasteiger partial charge in [-0.25, -0.2) is 0 Å². The van der Waals surface area contributed by atoms with Crippen molar-refractivity contribution in [3.8, 4) is 17.2 Å². The van der Waals surface area contributed by atoms with Crippen LogP contribution in [0.4, 0.5) is 0 Å². The quantitative estimate of drug-likeness (QED) is 0.358. The number of para-hydroxylation sites is 1. The molecular formula is C22H30N2O6. The third-order valence-corrected chi connectivity index (χ3v) is 4.00. The summed E-state index contributed by atoms with van der Waals surface area (Å²) in [5.41, 5.74) is 0. The van der Waals surface area contributed by atoms with Gasteiger partial charge in [0.05, 0.1) is 13.2 Å². The molecule has 1 amide bonds. The van der Waals surface area contributed by atoms with Crippen molar-refractivity contribution in [3.05, 3.63) is 54.6 Å². The Morgan fingerprint density at radius 1 is 1.00 bits per heavy atom. The van der Waals surface area contributed by atoms with E-state index in [0.717, 1.165) is 5.75 Å². The number of benzene rings is 2. The Hall–Kier alpha value is -2.81. The van der Waals surface area contributed by atoms with Crippen LogP contribution in [0.25, 0.3) is 0 Å². The van der Waals surface area contributed by atoms with Crippen LogP contribution < -0.4 is 19.6 Å². The number of aliphatic hydroxyl groups is 1. The molecule has 0 saturated carbocycles. The summed E-state index contributed by atoms with van der Waals surface area (Å²) < 4.78 is 16.1. The average Bonchev–Trinajstić information content (AvgIpc) is 2.76. The van der Waals surface area contributed by atoms with Crippen molar-refractivity contribution < 1.29 is 28.9 Å². The van der Waals surface area contributed by atoms with Crippen LogP contribution in [0.2, 0.25) is 0 Å². The van der Waals surface area contributed by atoms with E-state index in [4.69, 9.17) is 19.0 Å². The van der Waals surface area contributed by atoms with E-state index < -0.39 is 6.10 Å². The Labute approximate surface area is 177 Å². The minimum atomic E-state index is -0.607. The van der Waals surface area contributed by atoms with Gasteiger partial charge >= 0.3 is 0 Å². The number of amides is 1. The van der Waals surface area contributed by atoms with Crippen molar-refractivity contribution in [2.24, 2.45) is 0 Å². The van der Waals surface area contributed by atoms with E-state index in [-0.39, 0.29) is 12.5 Å². The lowest BCUT2D eigenvalue weighted by Crippen LogP contribution is -2.35. The Morgan fingerprint density at radius 2 is 1.67 bits per heavy atom. The van der Waals surface area contributed by atoms with Crippen LogP contribution in [0.5, 0.6) is 17.2 Å². The number of hydroxylamine groups is 2. The second kappa shape index (κ2) is 13.4. The molecule has 2 aromatic carbocycles. The summed E-state index contributed by atoms with van der Waals surface area (Å²) in [4.78, 5) is 17.1. The SMILES string of the molecule is COCCN(Oc1ccc(OCCNC[C@H](O)COc2ccccc2)cc1)C(C)=O. The zero-order valence-electron chi connectivity index (χ0n) is 17.5. The molecule has 164 valence electrons. The molecule has 2 N–H and O–H groups in total. The molecule has 0 radical (unpaired) electrons. The molecule has 2 aromatic rings. The molecule has 0 unspecified atom stereocenters. The molecule has 8 nitrogen and oxygen atoms in total. The minimum absolute atomic E-state index is 0.199. The third kappa shape index (κ3) is 9.13. The number of nitrogens with zero attached hydrogens (tertiary/aromatic N) is 1. The highest BCUT2D eigenvalue weighted by Gasteiger charge is 2.10. The first-order valence-corrected chi connectivity index (χ1v) is 9.83. The highest BCUT2D eigenvalue weighted by atomic mass is 16.7. The fourth-order valence-electron chi connectivity index (χ4n) is 2.44. The van der Waals surface area contributed by atoms with E-state index in [1.165, 1.54) is 12.0 Å². The number of hydrogen-bond acceptors (Lipinski definition) is 7. The van der Waals surface area contributed by atoms with E-state index in [1.807, 2.05) is 30.3 Å². The number of nitrogens with one attached hydrogen (secondary N) is 1. The first kappa shape index (κ1) is 23.5. The molecule has 0 aliphatic rings. The molecule has 0 aliphatic heterocycles. The van der Waals surface area contributed by atoms with Crippen LogP contribution in [0.15, 0.2) is 54.6 Å².